The molecule has 1 unspecified atom stereocenters. The van der Waals surface area contributed by atoms with Crippen LogP contribution >= 0.6 is 0 Å². The van der Waals surface area contributed by atoms with Crippen LogP contribution in [0.15, 0.2) is 30.3 Å². The van der Waals surface area contributed by atoms with E-state index < -0.39 is 0 Å². The van der Waals surface area contributed by atoms with Crippen LogP contribution in [0.5, 0.6) is 0 Å². The van der Waals surface area contributed by atoms with Crippen LogP contribution in [-0.2, 0) is 4.79 Å². The van der Waals surface area contributed by atoms with Gasteiger partial charge >= 0.3 is 0 Å². The van der Waals surface area contributed by atoms with Crippen molar-refractivity contribution < 1.29 is 4.79 Å². The summed E-state index contributed by atoms with van der Waals surface area (Å²) in [5, 5.41) is 3.08. The Kier molecular flexibility index (Phi) is 4.99. The maximum atomic E-state index is 12.2. The summed E-state index contributed by atoms with van der Waals surface area (Å²) in [5.74, 6) is 0.138. The zero-order valence-corrected chi connectivity index (χ0v) is 10.2. The molecule has 0 saturated heterocycles. The highest BCUT2D eigenvalue weighted by atomic mass is 16.2. The predicted molar refractivity (Wildman–Crippen MR) is 66.2 cm³/mol. The second kappa shape index (κ2) is 6.28. The highest BCUT2D eigenvalue weighted by molar-refractivity contribution is 5.83. The summed E-state index contributed by atoms with van der Waals surface area (Å²) in [6, 6.07) is 9.58. The molecule has 0 spiro atoms. The molecule has 0 aliphatic heterocycles. The number of rotatable bonds is 5. The Morgan fingerprint density at radius 1 is 1.25 bits per heavy atom. The third kappa shape index (κ3) is 2.83. The number of hydrogen-bond acceptors (Lipinski definition) is 2. The molecule has 88 valence electrons. The van der Waals surface area contributed by atoms with Gasteiger partial charge in [-0.15, -0.1) is 0 Å². The van der Waals surface area contributed by atoms with Gasteiger partial charge in [0.15, 0.2) is 0 Å². The molecule has 0 saturated carbocycles. The van der Waals surface area contributed by atoms with E-state index in [1.807, 2.05) is 56.1 Å². The third-order valence-corrected chi connectivity index (χ3v) is 2.74. The van der Waals surface area contributed by atoms with E-state index in [0.29, 0.717) is 0 Å². The normalized spacial score (nSPS) is 12.2. The van der Waals surface area contributed by atoms with Crippen molar-refractivity contribution in [2.24, 2.45) is 0 Å². The number of carbonyl (C=O) groups excluding carboxylic acids is 1. The molecule has 16 heavy (non-hydrogen) atoms. The summed E-state index contributed by atoms with van der Waals surface area (Å²) in [4.78, 5) is 14.0. The molecule has 1 atom stereocenters. The molecular weight excluding hydrogens is 200 g/mol. The zero-order valence-electron chi connectivity index (χ0n) is 10.2. The van der Waals surface area contributed by atoms with Crippen molar-refractivity contribution in [1.82, 2.24) is 10.2 Å². The number of benzene rings is 1. The standard InChI is InChI=1S/C13H20N2O/c1-4-15(5-2)13(16)12(14-3)11-9-7-6-8-10-11/h6-10,12,14H,4-5H2,1-3H3. The number of nitrogens with one attached hydrogen (secondary N) is 1. The fraction of sp³-hybridized carbons (Fsp3) is 0.462. The van der Waals surface area contributed by atoms with Crippen LogP contribution < -0.4 is 5.32 Å². The smallest absolute Gasteiger partial charge is 0.244 e. The monoisotopic (exact) mass is 220 g/mol. The molecule has 0 heterocycles. The summed E-state index contributed by atoms with van der Waals surface area (Å²) in [6.45, 7) is 5.50. The van der Waals surface area contributed by atoms with Crippen molar-refractivity contribution in [1.29, 1.82) is 0 Å². The van der Waals surface area contributed by atoms with Gasteiger partial charge in [-0.3, -0.25) is 4.79 Å². The molecule has 0 fully saturated rings. The zero-order chi connectivity index (χ0) is 12.0. The first-order chi connectivity index (χ1) is 7.74. The van der Waals surface area contributed by atoms with Gasteiger partial charge in [0.25, 0.3) is 0 Å². The molecule has 1 rings (SSSR count). The second-order valence-corrected chi connectivity index (χ2v) is 3.64. The maximum Gasteiger partial charge on any atom is 0.244 e. The lowest BCUT2D eigenvalue weighted by atomic mass is 10.1. The summed E-state index contributed by atoms with van der Waals surface area (Å²) >= 11 is 0. The lowest BCUT2D eigenvalue weighted by Gasteiger charge is -2.25. The Hall–Kier alpha value is -1.35. The Labute approximate surface area is 97.5 Å². The molecule has 3 nitrogen and oxygen atoms in total. The second-order valence-electron chi connectivity index (χ2n) is 3.64. The van der Waals surface area contributed by atoms with E-state index in [-0.39, 0.29) is 11.9 Å². The van der Waals surface area contributed by atoms with Crippen molar-refractivity contribution >= 4 is 5.91 Å². The average molecular weight is 220 g/mol. The SMILES string of the molecule is CCN(CC)C(=O)C(NC)c1ccccc1. The fourth-order valence-corrected chi connectivity index (χ4v) is 1.80. The minimum Gasteiger partial charge on any atom is -0.342 e. The first-order valence-electron chi connectivity index (χ1n) is 5.75. The van der Waals surface area contributed by atoms with E-state index in [0.717, 1.165) is 18.7 Å². The van der Waals surface area contributed by atoms with Gasteiger partial charge in [-0.25, -0.2) is 0 Å². The number of likely N-dealkylation sites (N-methyl/N-ethyl adjacent to an activating group) is 2. The summed E-state index contributed by atoms with van der Waals surface area (Å²) in [5.41, 5.74) is 1.02. The highest BCUT2D eigenvalue weighted by Crippen LogP contribution is 2.14. The summed E-state index contributed by atoms with van der Waals surface area (Å²) < 4.78 is 0. The first-order valence-corrected chi connectivity index (χ1v) is 5.75. The van der Waals surface area contributed by atoms with E-state index in [9.17, 15) is 4.79 Å². The topological polar surface area (TPSA) is 32.3 Å². The van der Waals surface area contributed by atoms with Crippen LogP contribution in [0.2, 0.25) is 0 Å². The predicted octanol–water partition coefficient (Wildman–Crippen LogP) is 1.82. The van der Waals surface area contributed by atoms with Crippen LogP contribution in [-0.4, -0.2) is 30.9 Å². The largest absolute Gasteiger partial charge is 0.342 e. The molecule has 1 aromatic carbocycles. The van der Waals surface area contributed by atoms with Gasteiger partial charge in [0.05, 0.1) is 0 Å². The van der Waals surface area contributed by atoms with Crippen molar-refractivity contribution in [3.05, 3.63) is 35.9 Å². The Balaban J connectivity index is 2.86. The van der Waals surface area contributed by atoms with Crippen molar-refractivity contribution in [3.8, 4) is 0 Å². The molecule has 1 amide bonds. The van der Waals surface area contributed by atoms with E-state index >= 15 is 0 Å². The molecule has 0 bridgehead atoms. The van der Waals surface area contributed by atoms with Gasteiger partial charge < -0.3 is 10.2 Å². The minimum atomic E-state index is -0.235. The lowest BCUT2D eigenvalue weighted by Crippen LogP contribution is -2.39. The van der Waals surface area contributed by atoms with Crippen LogP contribution in [0.4, 0.5) is 0 Å². The molecule has 3 heteroatoms. The van der Waals surface area contributed by atoms with Crippen molar-refractivity contribution in [3.63, 3.8) is 0 Å². The van der Waals surface area contributed by atoms with E-state index in [4.69, 9.17) is 0 Å². The summed E-state index contributed by atoms with van der Waals surface area (Å²) in [6.07, 6.45) is 0. The van der Waals surface area contributed by atoms with Crippen LogP contribution in [0.3, 0.4) is 0 Å². The van der Waals surface area contributed by atoms with Crippen LogP contribution in [0, 0.1) is 0 Å². The summed E-state index contributed by atoms with van der Waals surface area (Å²) in [7, 11) is 1.82. The quantitative estimate of drug-likeness (QED) is 0.821. The molecule has 1 N–H and O–H groups in total. The molecule has 0 radical (unpaired) electrons. The number of hydrogen-bond donors (Lipinski definition) is 1. The minimum absolute atomic E-state index is 0.138. The Morgan fingerprint density at radius 2 is 1.81 bits per heavy atom. The van der Waals surface area contributed by atoms with Gasteiger partial charge in [-0.05, 0) is 26.5 Å². The maximum absolute atomic E-state index is 12.2. The number of nitrogens with zero attached hydrogens (tertiary/aromatic N) is 1. The van der Waals surface area contributed by atoms with Gasteiger partial charge in [-0.1, -0.05) is 30.3 Å². The Morgan fingerprint density at radius 3 is 2.25 bits per heavy atom. The Bertz CT molecular complexity index is 320. The average Bonchev–Trinajstić information content (AvgIpc) is 2.33. The van der Waals surface area contributed by atoms with E-state index in [2.05, 4.69) is 5.32 Å². The molecule has 1 aromatic rings. The van der Waals surface area contributed by atoms with Gasteiger partial charge in [-0.2, -0.15) is 0 Å². The van der Waals surface area contributed by atoms with Crippen molar-refractivity contribution in [2.75, 3.05) is 20.1 Å². The van der Waals surface area contributed by atoms with E-state index in [1.54, 1.807) is 0 Å². The molecule has 0 aliphatic rings. The van der Waals surface area contributed by atoms with Gasteiger partial charge in [0.2, 0.25) is 5.91 Å². The van der Waals surface area contributed by atoms with E-state index in [1.165, 1.54) is 0 Å². The molecular formula is C13H20N2O. The van der Waals surface area contributed by atoms with Crippen molar-refractivity contribution in [2.45, 2.75) is 19.9 Å². The molecule has 0 aliphatic carbocycles. The molecule has 0 aromatic heterocycles. The fourth-order valence-electron chi connectivity index (χ4n) is 1.80. The van der Waals surface area contributed by atoms with Crippen LogP contribution in [0.1, 0.15) is 25.5 Å². The third-order valence-electron chi connectivity index (χ3n) is 2.74. The lowest BCUT2D eigenvalue weighted by molar-refractivity contribution is -0.133. The van der Waals surface area contributed by atoms with Gasteiger partial charge in [0, 0.05) is 13.1 Å². The van der Waals surface area contributed by atoms with Gasteiger partial charge in [0.1, 0.15) is 6.04 Å². The van der Waals surface area contributed by atoms with Crippen LogP contribution in [0.25, 0.3) is 0 Å². The highest BCUT2D eigenvalue weighted by Gasteiger charge is 2.22. The first kappa shape index (κ1) is 12.7. The number of amides is 1. The number of carbonyl (C=O) groups is 1.